The van der Waals surface area contributed by atoms with Crippen LogP contribution in [0.25, 0.3) is 5.65 Å². The molecule has 0 spiro atoms. The van der Waals surface area contributed by atoms with E-state index in [0.29, 0.717) is 29.5 Å². The molecular formula is C23H25F6N7O. The largest absolute Gasteiger partial charge is 0.483 e. The van der Waals surface area contributed by atoms with Crippen LogP contribution >= 0.6 is 0 Å². The Hall–Kier alpha value is -3.45. The molecule has 0 unspecified atom stereocenters. The number of nitrogens with one attached hydrogen (secondary N) is 1. The Kier molecular flexibility index (Phi) is 6.57. The number of hydrogen-bond acceptors (Lipinski definition) is 5. The second-order valence-corrected chi connectivity index (χ2v) is 9.76. The molecule has 37 heavy (non-hydrogen) atoms. The quantitative estimate of drug-likeness (QED) is 0.286. The Bertz CT molecular complexity index is 1380. The van der Waals surface area contributed by atoms with Crippen LogP contribution in [0, 0.1) is 5.41 Å². The van der Waals surface area contributed by atoms with Crippen LogP contribution in [0.2, 0.25) is 0 Å². The van der Waals surface area contributed by atoms with Gasteiger partial charge in [0.25, 0.3) is 0 Å². The number of aliphatic imine (C=N–C) groups is 1. The lowest BCUT2D eigenvalue weighted by atomic mass is 9.91. The van der Waals surface area contributed by atoms with Crippen molar-refractivity contribution in [3.05, 3.63) is 46.2 Å². The van der Waals surface area contributed by atoms with Crippen LogP contribution in [-0.4, -0.2) is 43.2 Å². The van der Waals surface area contributed by atoms with Crippen LogP contribution in [0.5, 0.6) is 0 Å². The number of hydrogen-bond donors (Lipinski definition) is 1. The Labute approximate surface area is 207 Å². The molecule has 200 valence electrons. The van der Waals surface area contributed by atoms with E-state index in [1.807, 2.05) is 0 Å². The highest BCUT2D eigenvalue weighted by atomic mass is 19.4. The van der Waals surface area contributed by atoms with Gasteiger partial charge in [0.1, 0.15) is 12.2 Å². The molecule has 14 heteroatoms. The van der Waals surface area contributed by atoms with Gasteiger partial charge in [0.05, 0.1) is 24.6 Å². The fourth-order valence-electron chi connectivity index (χ4n) is 4.20. The lowest BCUT2D eigenvalue weighted by Gasteiger charge is -2.20. The van der Waals surface area contributed by atoms with Gasteiger partial charge in [-0.05, 0) is 31.7 Å². The van der Waals surface area contributed by atoms with Crippen molar-refractivity contribution in [3.63, 3.8) is 0 Å². The van der Waals surface area contributed by atoms with E-state index in [4.69, 9.17) is 10.1 Å². The van der Waals surface area contributed by atoms with Crippen LogP contribution in [-0.2, 0) is 41.9 Å². The lowest BCUT2D eigenvalue weighted by molar-refractivity contribution is -0.143. The molecule has 0 aliphatic heterocycles. The molecule has 0 radical (unpaired) electrons. The molecule has 3 aromatic heterocycles. The second kappa shape index (κ2) is 9.14. The van der Waals surface area contributed by atoms with Crippen molar-refractivity contribution in [2.24, 2.45) is 4.99 Å². The molecule has 0 atom stereocenters. The maximum absolute atomic E-state index is 13.7. The van der Waals surface area contributed by atoms with E-state index < -0.39 is 35.0 Å². The first kappa shape index (κ1) is 26.6. The van der Waals surface area contributed by atoms with Gasteiger partial charge in [-0.2, -0.15) is 41.5 Å². The third-order valence-corrected chi connectivity index (χ3v) is 6.07. The molecule has 4 rings (SSSR count). The van der Waals surface area contributed by atoms with Gasteiger partial charge in [0, 0.05) is 16.7 Å². The number of aromatic nitrogens is 5. The minimum atomic E-state index is -4.73. The minimum absolute atomic E-state index is 0.0929. The molecule has 1 aliphatic carbocycles. The van der Waals surface area contributed by atoms with E-state index in [2.05, 4.69) is 20.2 Å². The van der Waals surface area contributed by atoms with Crippen LogP contribution in [0.4, 0.5) is 26.3 Å². The lowest BCUT2D eigenvalue weighted by Crippen LogP contribution is -2.21. The zero-order valence-electron chi connectivity index (χ0n) is 20.5. The third-order valence-electron chi connectivity index (χ3n) is 6.07. The van der Waals surface area contributed by atoms with E-state index in [1.165, 1.54) is 11.8 Å². The van der Waals surface area contributed by atoms with Crippen LogP contribution in [0.3, 0.4) is 0 Å². The summed E-state index contributed by atoms with van der Waals surface area (Å²) >= 11 is 0. The number of fused-ring (bicyclic) bond motifs is 2. The van der Waals surface area contributed by atoms with Crippen molar-refractivity contribution in [3.8, 4) is 0 Å². The van der Waals surface area contributed by atoms with Gasteiger partial charge in [-0.3, -0.25) is 10.1 Å². The smallest absolute Gasteiger partial charge is 0.435 e. The van der Waals surface area contributed by atoms with Crippen molar-refractivity contribution < 1.29 is 31.1 Å². The number of methoxy groups -OCH3 is 1. The summed E-state index contributed by atoms with van der Waals surface area (Å²) in [5.74, 6) is -0.646. The SMILES string of the molecule is CO/C(Cn1nc(C(F)(F)F)c2c1CCCC2)=N\C(=N)c1cnn2c(C(F)(F)F)cc(C(C)(C)C)nc12. The van der Waals surface area contributed by atoms with Gasteiger partial charge in [0.2, 0.25) is 5.90 Å². The maximum atomic E-state index is 13.7. The number of alkyl halides is 6. The highest BCUT2D eigenvalue weighted by Crippen LogP contribution is 2.36. The Balaban J connectivity index is 1.75. The Morgan fingerprint density at radius 1 is 1.08 bits per heavy atom. The number of ether oxygens (including phenoxy) is 1. The van der Waals surface area contributed by atoms with E-state index >= 15 is 0 Å². The molecule has 3 aromatic rings. The van der Waals surface area contributed by atoms with E-state index in [0.717, 1.165) is 12.3 Å². The summed E-state index contributed by atoms with van der Waals surface area (Å²) in [5, 5.41) is 16.0. The summed E-state index contributed by atoms with van der Waals surface area (Å²) in [4.78, 5) is 8.36. The first-order valence-corrected chi connectivity index (χ1v) is 11.4. The highest BCUT2D eigenvalue weighted by Gasteiger charge is 2.40. The average molecular weight is 529 g/mol. The summed E-state index contributed by atoms with van der Waals surface area (Å²) in [6.45, 7) is 4.82. The van der Waals surface area contributed by atoms with Gasteiger partial charge >= 0.3 is 12.4 Å². The fourth-order valence-corrected chi connectivity index (χ4v) is 4.20. The summed E-state index contributed by atoms with van der Waals surface area (Å²) in [7, 11) is 1.24. The van der Waals surface area contributed by atoms with Crippen LogP contribution in [0.1, 0.15) is 67.5 Å². The second-order valence-electron chi connectivity index (χ2n) is 9.76. The van der Waals surface area contributed by atoms with Gasteiger partial charge < -0.3 is 4.74 Å². The first-order valence-electron chi connectivity index (χ1n) is 11.4. The zero-order valence-corrected chi connectivity index (χ0v) is 20.5. The predicted octanol–water partition coefficient (Wildman–Crippen LogP) is 5.21. The molecule has 1 aliphatic rings. The summed E-state index contributed by atoms with van der Waals surface area (Å²) in [6, 6.07) is 0.913. The van der Waals surface area contributed by atoms with Gasteiger partial charge in [0.15, 0.2) is 17.2 Å². The molecule has 1 N–H and O–H groups in total. The first-order chi connectivity index (χ1) is 17.1. The van der Waals surface area contributed by atoms with Crippen molar-refractivity contribution in [1.29, 1.82) is 5.41 Å². The fraction of sp³-hybridized carbons (Fsp3) is 0.522. The van der Waals surface area contributed by atoms with Crippen molar-refractivity contribution in [1.82, 2.24) is 24.4 Å². The summed E-state index contributed by atoms with van der Waals surface area (Å²) < 4.78 is 88.8. The monoisotopic (exact) mass is 529 g/mol. The normalized spacial score (nSPS) is 15.2. The standard InChI is InChI=1S/C23H25F6N7O/c1-21(2,3)15-9-16(22(24,25)26)36-20(32-15)13(10-31-36)19(30)33-17(37-4)11-35-14-8-6-5-7-12(14)18(34-35)23(27,28)29/h9-10,30H,5-8,11H2,1-4H3/b30-19?,33-17-. The number of rotatable bonds is 3. The molecule has 0 saturated heterocycles. The van der Waals surface area contributed by atoms with E-state index in [-0.39, 0.29) is 41.3 Å². The predicted molar refractivity (Wildman–Crippen MR) is 122 cm³/mol. The molecule has 0 saturated carbocycles. The maximum Gasteiger partial charge on any atom is 0.435 e. The highest BCUT2D eigenvalue weighted by molar-refractivity contribution is 6.07. The zero-order chi connectivity index (χ0) is 27.3. The summed E-state index contributed by atoms with van der Waals surface area (Å²) in [5.41, 5.74) is -2.34. The Morgan fingerprint density at radius 3 is 2.35 bits per heavy atom. The van der Waals surface area contributed by atoms with Gasteiger partial charge in [-0.15, -0.1) is 0 Å². The topological polar surface area (TPSA) is 93.5 Å². The van der Waals surface area contributed by atoms with Crippen LogP contribution in [0.15, 0.2) is 17.3 Å². The molecule has 0 amide bonds. The number of halogens is 6. The Morgan fingerprint density at radius 2 is 1.76 bits per heavy atom. The minimum Gasteiger partial charge on any atom is -0.483 e. The van der Waals surface area contributed by atoms with Crippen molar-refractivity contribution in [2.45, 2.75) is 70.8 Å². The third kappa shape index (κ3) is 5.18. The molecule has 0 bridgehead atoms. The summed E-state index contributed by atoms with van der Waals surface area (Å²) in [6.07, 6.45) is -6.32. The van der Waals surface area contributed by atoms with Gasteiger partial charge in [-0.1, -0.05) is 20.8 Å². The van der Waals surface area contributed by atoms with E-state index in [1.54, 1.807) is 20.8 Å². The number of amidine groups is 1. The van der Waals surface area contributed by atoms with Crippen LogP contribution < -0.4 is 0 Å². The average Bonchev–Trinajstić information content (AvgIpc) is 3.38. The molecular weight excluding hydrogens is 504 g/mol. The molecule has 0 fully saturated rings. The molecule has 8 nitrogen and oxygen atoms in total. The van der Waals surface area contributed by atoms with Gasteiger partial charge in [-0.25, -0.2) is 9.50 Å². The molecule has 3 heterocycles. The van der Waals surface area contributed by atoms with Crippen molar-refractivity contribution in [2.75, 3.05) is 7.11 Å². The number of nitrogens with zero attached hydrogens (tertiary/aromatic N) is 6. The van der Waals surface area contributed by atoms with Crippen molar-refractivity contribution >= 4 is 17.4 Å². The molecule has 0 aromatic carbocycles. The van der Waals surface area contributed by atoms with E-state index in [9.17, 15) is 26.3 Å².